The Labute approximate surface area is 178 Å². The number of amides is 2. The minimum atomic E-state index is -0.340. The minimum absolute atomic E-state index is 0.0290. The number of halogens is 2. The van der Waals surface area contributed by atoms with Crippen LogP contribution >= 0.6 is 15.9 Å². The fourth-order valence-corrected chi connectivity index (χ4v) is 4.31. The lowest BCUT2D eigenvalue weighted by Crippen LogP contribution is -2.62. The van der Waals surface area contributed by atoms with Gasteiger partial charge >= 0.3 is 0 Å². The number of piperidine rings is 1. The highest BCUT2D eigenvalue weighted by molar-refractivity contribution is 9.10. The number of carbonyl (C=O) groups is 2. The Morgan fingerprint density at radius 3 is 2.17 bits per heavy atom. The molecule has 2 aromatic carbocycles. The summed E-state index contributed by atoms with van der Waals surface area (Å²) in [5.74, 6) is -0.360. The van der Waals surface area contributed by atoms with Gasteiger partial charge in [0.2, 0.25) is 5.91 Å². The standard InChI is InChI=1S/C23H22BrFN2O2/c24-19-6-1-17(2-7-19)3-10-21(28)26-13-11-23(12-14-26)15-27(16-23)22(29)18-4-8-20(25)9-5-18/h1-10H,11-16H2/b10-3+. The van der Waals surface area contributed by atoms with Crippen LogP contribution in [0.3, 0.4) is 0 Å². The van der Waals surface area contributed by atoms with Crippen molar-refractivity contribution >= 4 is 33.8 Å². The summed E-state index contributed by atoms with van der Waals surface area (Å²) in [6, 6.07) is 13.5. The zero-order valence-corrected chi connectivity index (χ0v) is 17.6. The number of rotatable bonds is 3. The van der Waals surface area contributed by atoms with Gasteiger partial charge in [0, 0.05) is 47.7 Å². The van der Waals surface area contributed by atoms with Gasteiger partial charge in [-0.25, -0.2) is 4.39 Å². The minimum Gasteiger partial charge on any atom is -0.339 e. The zero-order valence-electron chi connectivity index (χ0n) is 16.0. The Morgan fingerprint density at radius 1 is 0.931 bits per heavy atom. The third-order valence-corrected chi connectivity index (χ3v) is 6.38. The van der Waals surface area contributed by atoms with Crippen LogP contribution in [0.15, 0.2) is 59.1 Å². The maximum atomic E-state index is 13.0. The van der Waals surface area contributed by atoms with Crippen LogP contribution in [0.25, 0.3) is 6.08 Å². The summed E-state index contributed by atoms with van der Waals surface area (Å²) in [7, 11) is 0. The van der Waals surface area contributed by atoms with Gasteiger partial charge in [-0.3, -0.25) is 9.59 Å². The zero-order chi connectivity index (χ0) is 20.4. The predicted molar refractivity (Wildman–Crippen MR) is 114 cm³/mol. The fraction of sp³-hybridized carbons (Fsp3) is 0.304. The van der Waals surface area contributed by atoms with Crippen LogP contribution in [0.4, 0.5) is 4.39 Å². The van der Waals surface area contributed by atoms with Gasteiger partial charge in [0.05, 0.1) is 0 Å². The third kappa shape index (κ3) is 4.42. The van der Waals surface area contributed by atoms with Gasteiger partial charge < -0.3 is 9.80 Å². The Hall–Kier alpha value is -2.47. The van der Waals surface area contributed by atoms with Crippen LogP contribution in [0.2, 0.25) is 0 Å². The SMILES string of the molecule is O=C(/C=C/c1ccc(Br)cc1)N1CCC2(CC1)CN(C(=O)c1ccc(F)cc1)C2. The monoisotopic (exact) mass is 456 g/mol. The van der Waals surface area contributed by atoms with Crippen LogP contribution < -0.4 is 0 Å². The van der Waals surface area contributed by atoms with E-state index in [0.29, 0.717) is 31.7 Å². The number of hydrogen-bond acceptors (Lipinski definition) is 2. The second-order valence-corrected chi connectivity index (χ2v) is 8.79. The summed E-state index contributed by atoms with van der Waals surface area (Å²) in [5, 5.41) is 0. The average molecular weight is 457 g/mol. The van der Waals surface area contributed by atoms with Gasteiger partial charge in [0.25, 0.3) is 5.91 Å². The van der Waals surface area contributed by atoms with Gasteiger partial charge in [0.15, 0.2) is 0 Å². The van der Waals surface area contributed by atoms with Gasteiger partial charge in [-0.2, -0.15) is 0 Å². The molecule has 0 saturated carbocycles. The highest BCUT2D eigenvalue weighted by atomic mass is 79.9. The van der Waals surface area contributed by atoms with Crippen molar-refractivity contribution in [3.63, 3.8) is 0 Å². The molecule has 2 aromatic rings. The first kappa shape index (κ1) is 19.8. The van der Waals surface area contributed by atoms with Crippen molar-refractivity contribution in [2.24, 2.45) is 5.41 Å². The lowest BCUT2D eigenvalue weighted by molar-refractivity contribution is -0.130. The van der Waals surface area contributed by atoms with Gasteiger partial charge in [-0.1, -0.05) is 28.1 Å². The molecule has 0 atom stereocenters. The summed E-state index contributed by atoms with van der Waals surface area (Å²) in [6.45, 7) is 2.84. The summed E-state index contributed by atoms with van der Waals surface area (Å²) >= 11 is 3.40. The van der Waals surface area contributed by atoms with E-state index in [1.807, 2.05) is 40.1 Å². The second-order valence-electron chi connectivity index (χ2n) is 7.88. The summed E-state index contributed by atoms with van der Waals surface area (Å²) in [4.78, 5) is 28.7. The number of benzene rings is 2. The molecule has 2 aliphatic heterocycles. The molecule has 29 heavy (non-hydrogen) atoms. The molecule has 4 nitrogen and oxygen atoms in total. The lowest BCUT2D eigenvalue weighted by Gasteiger charge is -2.53. The maximum Gasteiger partial charge on any atom is 0.253 e. The van der Waals surface area contributed by atoms with E-state index in [9.17, 15) is 14.0 Å². The fourth-order valence-electron chi connectivity index (χ4n) is 4.05. The highest BCUT2D eigenvalue weighted by Crippen LogP contribution is 2.41. The van der Waals surface area contributed by atoms with E-state index in [0.717, 1.165) is 22.9 Å². The summed E-state index contributed by atoms with van der Waals surface area (Å²) in [5.41, 5.74) is 1.62. The van der Waals surface area contributed by atoms with E-state index < -0.39 is 0 Å². The smallest absolute Gasteiger partial charge is 0.253 e. The van der Waals surface area contributed by atoms with E-state index in [2.05, 4.69) is 15.9 Å². The van der Waals surface area contributed by atoms with Crippen molar-refractivity contribution in [3.8, 4) is 0 Å². The number of carbonyl (C=O) groups excluding carboxylic acids is 2. The molecule has 1 spiro atoms. The van der Waals surface area contributed by atoms with Crippen molar-refractivity contribution < 1.29 is 14.0 Å². The van der Waals surface area contributed by atoms with Crippen molar-refractivity contribution in [2.45, 2.75) is 12.8 Å². The lowest BCUT2D eigenvalue weighted by atomic mass is 9.71. The van der Waals surface area contributed by atoms with Crippen molar-refractivity contribution in [1.29, 1.82) is 0 Å². The first-order chi connectivity index (χ1) is 13.9. The molecular weight excluding hydrogens is 435 g/mol. The molecule has 6 heteroatoms. The molecule has 0 bridgehead atoms. The molecule has 0 aromatic heterocycles. The molecule has 2 saturated heterocycles. The van der Waals surface area contributed by atoms with Crippen LogP contribution in [-0.4, -0.2) is 47.8 Å². The van der Waals surface area contributed by atoms with E-state index in [1.165, 1.54) is 24.3 Å². The van der Waals surface area contributed by atoms with Gasteiger partial charge in [-0.15, -0.1) is 0 Å². The third-order valence-electron chi connectivity index (χ3n) is 5.86. The molecule has 0 aliphatic carbocycles. The first-order valence-corrected chi connectivity index (χ1v) is 10.5. The van der Waals surface area contributed by atoms with Crippen molar-refractivity contribution in [3.05, 3.63) is 76.0 Å². The summed E-state index contributed by atoms with van der Waals surface area (Å²) < 4.78 is 14.0. The largest absolute Gasteiger partial charge is 0.339 e. The maximum absolute atomic E-state index is 13.0. The summed E-state index contributed by atoms with van der Waals surface area (Å²) in [6.07, 6.45) is 5.27. The molecule has 0 unspecified atom stereocenters. The predicted octanol–water partition coefficient (Wildman–Crippen LogP) is 4.37. The molecule has 4 rings (SSSR count). The Bertz CT molecular complexity index is 924. The molecule has 0 N–H and O–H groups in total. The van der Waals surface area contributed by atoms with Crippen LogP contribution in [0.5, 0.6) is 0 Å². The molecule has 2 fully saturated rings. The quantitative estimate of drug-likeness (QED) is 0.643. The van der Waals surface area contributed by atoms with Crippen LogP contribution in [0, 0.1) is 11.2 Å². The topological polar surface area (TPSA) is 40.6 Å². The van der Waals surface area contributed by atoms with Gasteiger partial charge in [-0.05, 0) is 60.9 Å². The van der Waals surface area contributed by atoms with Crippen molar-refractivity contribution in [1.82, 2.24) is 9.80 Å². The first-order valence-electron chi connectivity index (χ1n) is 9.72. The van der Waals surface area contributed by atoms with E-state index in [4.69, 9.17) is 0 Å². The average Bonchev–Trinajstić information content (AvgIpc) is 2.71. The normalized spacial score (nSPS) is 18.1. The molecule has 2 heterocycles. The van der Waals surface area contributed by atoms with Crippen LogP contribution in [-0.2, 0) is 4.79 Å². The van der Waals surface area contributed by atoms with E-state index in [-0.39, 0.29) is 23.0 Å². The molecular formula is C23H22BrFN2O2. The van der Waals surface area contributed by atoms with E-state index >= 15 is 0 Å². The number of likely N-dealkylation sites (tertiary alicyclic amines) is 2. The second kappa shape index (κ2) is 8.11. The Morgan fingerprint density at radius 2 is 1.55 bits per heavy atom. The number of nitrogens with zero attached hydrogens (tertiary/aromatic N) is 2. The Kier molecular flexibility index (Phi) is 5.54. The van der Waals surface area contributed by atoms with Crippen molar-refractivity contribution in [2.75, 3.05) is 26.2 Å². The molecule has 2 aliphatic rings. The molecule has 2 amide bonds. The molecule has 0 radical (unpaired) electrons. The highest BCUT2D eigenvalue weighted by Gasteiger charge is 2.47. The molecule has 150 valence electrons. The van der Waals surface area contributed by atoms with Gasteiger partial charge in [0.1, 0.15) is 5.82 Å². The van der Waals surface area contributed by atoms with Crippen LogP contribution in [0.1, 0.15) is 28.8 Å². The van der Waals surface area contributed by atoms with E-state index in [1.54, 1.807) is 6.08 Å². The number of hydrogen-bond donors (Lipinski definition) is 0. The Balaban J connectivity index is 1.27.